The molecule has 2 amide bonds. The third kappa shape index (κ3) is 4.92. The minimum Gasteiger partial charge on any atom is -0.379 e. The van der Waals surface area contributed by atoms with Gasteiger partial charge in [-0.25, -0.2) is 19.7 Å². The molecular formula is C24H28N8O2. The Morgan fingerprint density at radius 3 is 2.85 bits per heavy atom. The van der Waals surface area contributed by atoms with Gasteiger partial charge in [-0.1, -0.05) is 18.2 Å². The highest BCUT2D eigenvalue weighted by molar-refractivity contribution is 6.01. The zero-order valence-corrected chi connectivity index (χ0v) is 19.3. The Morgan fingerprint density at radius 1 is 1.15 bits per heavy atom. The van der Waals surface area contributed by atoms with Crippen LogP contribution in [0.4, 0.5) is 22.1 Å². The molecule has 4 aromatic rings. The van der Waals surface area contributed by atoms with E-state index in [2.05, 4.69) is 40.8 Å². The number of anilines is 3. The normalized spacial score (nSPS) is 14.4. The van der Waals surface area contributed by atoms with Crippen LogP contribution in [0, 0.1) is 13.8 Å². The van der Waals surface area contributed by atoms with E-state index in [-0.39, 0.29) is 6.03 Å². The minimum atomic E-state index is -0.273. The molecule has 1 aliphatic rings. The lowest BCUT2D eigenvalue weighted by molar-refractivity contribution is 0.0388. The minimum absolute atomic E-state index is 0.273. The van der Waals surface area contributed by atoms with Crippen molar-refractivity contribution >= 4 is 45.3 Å². The molecule has 1 fully saturated rings. The van der Waals surface area contributed by atoms with Crippen molar-refractivity contribution in [3.05, 3.63) is 47.9 Å². The maximum absolute atomic E-state index is 12.6. The quantitative estimate of drug-likeness (QED) is 0.348. The zero-order valence-electron chi connectivity index (χ0n) is 19.3. The number of morpholine rings is 1. The molecule has 4 N–H and O–H groups in total. The third-order valence-corrected chi connectivity index (χ3v) is 5.84. The van der Waals surface area contributed by atoms with Crippen LogP contribution in [-0.2, 0) is 4.74 Å². The Labute approximate surface area is 197 Å². The SMILES string of the molecule is Cc1nc2c(NC(=O)NCCN3CCOCC3)cc(Nc3ncc4cccc(C)c4n3)cc2[nH]1. The van der Waals surface area contributed by atoms with Crippen molar-refractivity contribution in [3.63, 3.8) is 0 Å². The lowest BCUT2D eigenvalue weighted by atomic mass is 10.1. The molecule has 10 heteroatoms. The summed E-state index contributed by atoms with van der Waals surface area (Å²) in [6, 6.07) is 9.51. The molecule has 0 radical (unpaired) electrons. The Hall–Kier alpha value is -3.76. The van der Waals surface area contributed by atoms with E-state index in [1.165, 1.54) is 0 Å². The smallest absolute Gasteiger partial charge is 0.319 e. The number of benzene rings is 2. The van der Waals surface area contributed by atoms with Gasteiger partial charge in [-0.2, -0.15) is 0 Å². The summed E-state index contributed by atoms with van der Waals surface area (Å²) >= 11 is 0. The summed E-state index contributed by atoms with van der Waals surface area (Å²) in [5.74, 6) is 1.25. The van der Waals surface area contributed by atoms with E-state index in [4.69, 9.17) is 4.74 Å². The van der Waals surface area contributed by atoms with Gasteiger partial charge in [-0.3, -0.25) is 4.90 Å². The summed E-state index contributed by atoms with van der Waals surface area (Å²) in [5.41, 5.74) is 4.83. The monoisotopic (exact) mass is 460 g/mol. The number of aryl methyl sites for hydroxylation is 2. The fourth-order valence-electron chi connectivity index (χ4n) is 4.12. The number of urea groups is 1. The van der Waals surface area contributed by atoms with Crippen molar-refractivity contribution in [1.29, 1.82) is 0 Å². The van der Waals surface area contributed by atoms with Gasteiger partial charge in [-0.05, 0) is 31.5 Å². The molecule has 0 aliphatic carbocycles. The number of fused-ring (bicyclic) bond motifs is 2. The van der Waals surface area contributed by atoms with Crippen LogP contribution in [0.5, 0.6) is 0 Å². The van der Waals surface area contributed by atoms with Gasteiger partial charge in [0.25, 0.3) is 0 Å². The fraction of sp³-hybridized carbons (Fsp3) is 0.333. The van der Waals surface area contributed by atoms with Gasteiger partial charge in [0, 0.05) is 43.4 Å². The number of carbonyl (C=O) groups excluding carboxylic acids is 1. The van der Waals surface area contributed by atoms with E-state index in [0.717, 1.165) is 66.3 Å². The first-order valence-corrected chi connectivity index (χ1v) is 11.4. The van der Waals surface area contributed by atoms with Gasteiger partial charge < -0.3 is 25.7 Å². The van der Waals surface area contributed by atoms with Crippen LogP contribution >= 0.6 is 0 Å². The zero-order chi connectivity index (χ0) is 23.5. The first kappa shape index (κ1) is 22.1. The first-order valence-electron chi connectivity index (χ1n) is 11.4. The predicted molar refractivity (Wildman–Crippen MR) is 133 cm³/mol. The van der Waals surface area contributed by atoms with Crippen molar-refractivity contribution in [2.45, 2.75) is 13.8 Å². The van der Waals surface area contributed by atoms with Crippen LogP contribution in [-0.4, -0.2) is 70.3 Å². The third-order valence-electron chi connectivity index (χ3n) is 5.84. The summed E-state index contributed by atoms with van der Waals surface area (Å²) in [7, 11) is 0. The second-order valence-electron chi connectivity index (χ2n) is 8.41. The lowest BCUT2D eigenvalue weighted by Gasteiger charge is -2.26. The molecule has 1 saturated heterocycles. The fourth-order valence-corrected chi connectivity index (χ4v) is 4.12. The van der Waals surface area contributed by atoms with Crippen LogP contribution in [0.1, 0.15) is 11.4 Å². The van der Waals surface area contributed by atoms with Crippen LogP contribution in [0.15, 0.2) is 36.5 Å². The Balaban J connectivity index is 1.33. The summed E-state index contributed by atoms with van der Waals surface area (Å²) in [6.07, 6.45) is 1.80. The summed E-state index contributed by atoms with van der Waals surface area (Å²) < 4.78 is 5.36. The molecule has 10 nitrogen and oxygen atoms in total. The van der Waals surface area contributed by atoms with Crippen molar-refractivity contribution in [3.8, 4) is 0 Å². The summed E-state index contributed by atoms with van der Waals surface area (Å²) in [5, 5.41) is 10.1. The number of para-hydroxylation sites is 1. The molecule has 3 heterocycles. The van der Waals surface area contributed by atoms with Crippen molar-refractivity contribution in [2.75, 3.05) is 50.0 Å². The lowest BCUT2D eigenvalue weighted by Crippen LogP contribution is -2.42. The molecule has 0 atom stereocenters. The van der Waals surface area contributed by atoms with Crippen LogP contribution < -0.4 is 16.0 Å². The molecule has 176 valence electrons. The molecule has 5 rings (SSSR count). The molecule has 2 aromatic carbocycles. The van der Waals surface area contributed by atoms with Gasteiger partial charge >= 0.3 is 6.03 Å². The number of aromatic amines is 1. The number of rotatable bonds is 6. The highest BCUT2D eigenvalue weighted by atomic mass is 16.5. The second kappa shape index (κ2) is 9.62. The van der Waals surface area contributed by atoms with Gasteiger partial charge in [0.15, 0.2) is 0 Å². The highest BCUT2D eigenvalue weighted by Gasteiger charge is 2.14. The number of aromatic nitrogens is 4. The number of carbonyl (C=O) groups is 1. The van der Waals surface area contributed by atoms with Crippen LogP contribution in [0.25, 0.3) is 21.9 Å². The molecular weight excluding hydrogens is 432 g/mol. The molecule has 0 unspecified atom stereocenters. The molecule has 0 spiro atoms. The number of hydrogen-bond acceptors (Lipinski definition) is 7. The van der Waals surface area contributed by atoms with Crippen molar-refractivity contribution < 1.29 is 9.53 Å². The number of amides is 2. The maximum Gasteiger partial charge on any atom is 0.319 e. The number of imidazole rings is 1. The maximum atomic E-state index is 12.6. The summed E-state index contributed by atoms with van der Waals surface area (Å²) in [6.45, 7) is 8.50. The number of hydrogen-bond donors (Lipinski definition) is 4. The number of nitrogens with one attached hydrogen (secondary N) is 4. The van der Waals surface area contributed by atoms with Crippen molar-refractivity contribution in [1.82, 2.24) is 30.2 Å². The first-order chi connectivity index (χ1) is 16.5. The van der Waals surface area contributed by atoms with Gasteiger partial charge in [0.2, 0.25) is 5.95 Å². The molecule has 0 bridgehead atoms. The van der Waals surface area contributed by atoms with E-state index in [1.54, 1.807) is 6.20 Å². The van der Waals surface area contributed by atoms with Crippen LogP contribution in [0.2, 0.25) is 0 Å². The molecule has 0 saturated carbocycles. The van der Waals surface area contributed by atoms with Gasteiger partial charge in [0.05, 0.1) is 29.9 Å². The van der Waals surface area contributed by atoms with Gasteiger partial charge in [0.1, 0.15) is 11.3 Å². The van der Waals surface area contributed by atoms with E-state index in [9.17, 15) is 4.79 Å². The largest absolute Gasteiger partial charge is 0.379 e. The average Bonchev–Trinajstić information content (AvgIpc) is 3.21. The molecule has 2 aromatic heterocycles. The molecule has 1 aliphatic heterocycles. The van der Waals surface area contributed by atoms with E-state index in [1.807, 2.05) is 44.2 Å². The Morgan fingerprint density at radius 2 is 2.00 bits per heavy atom. The second-order valence-corrected chi connectivity index (χ2v) is 8.41. The number of ether oxygens (including phenoxy) is 1. The Bertz CT molecular complexity index is 1330. The number of nitrogens with zero attached hydrogens (tertiary/aromatic N) is 4. The standard InChI is InChI=1S/C24H28N8O2/c1-15-4-3-5-17-14-26-23(31-21(15)17)29-18-12-19-22(28-16(2)27-19)20(13-18)30-24(33)25-6-7-32-8-10-34-11-9-32/h3-5,12-14H,6-11H2,1-2H3,(H,27,28)(H2,25,30,33)(H,26,29,31). The molecule has 34 heavy (non-hydrogen) atoms. The number of H-pyrrole nitrogens is 1. The summed E-state index contributed by atoms with van der Waals surface area (Å²) in [4.78, 5) is 31.8. The van der Waals surface area contributed by atoms with Gasteiger partial charge in [-0.15, -0.1) is 0 Å². The predicted octanol–water partition coefficient (Wildman–Crippen LogP) is 3.32. The van der Waals surface area contributed by atoms with E-state index < -0.39 is 0 Å². The topological polar surface area (TPSA) is 120 Å². The van der Waals surface area contributed by atoms with E-state index in [0.29, 0.717) is 23.7 Å². The van der Waals surface area contributed by atoms with Crippen molar-refractivity contribution in [2.24, 2.45) is 0 Å². The van der Waals surface area contributed by atoms with E-state index >= 15 is 0 Å². The highest BCUT2D eigenvalue weighted by Crippen LogP contribution is 2.28. The van der Waals surface area contributed by atoms with Crippen LogP contribution in [0.3, 0.4) is 0 Å². The Kier molecular flexibility index (Phi) is 6.24. The average molecular weight is 461 g/mol.